The van der Waals surface area contributed by atoms with Gasteiger partial charge in [-0.1, -0.05) is 131 Å². The zero-order valence-corrected chi connectivity index (χ0v) is 81.4. The molecule has 0 saturated heterocycles. The number of ether oxygens (including phenoxy) is 7. The Hall–Kier alpha value is -9.47. The van der Waals surface area contributed by atoms with E-state index in [0.29, 0.717) is 30.4 Å². The van der Waals surface area contributed by atoms with E-state index in [1.165, 1.54) is 94.4 Å². The Kier molecular flexibility index (Phi) is 49.1. The summed E-state index contributed by atoms with van der Waals surface area (Å²) in [6.07, 6.45) is 0.530. The van der Waals surface area contributed by atoms with Gasteiger partial charge in [0, 0.05) is 75.6 Å². The summed E-state index contributed by atoms with van der Waals surface area (Å²) >= 11 is 0. The van der Waals surface area contributed by atoms with Gasteiger partial charge in [-0.05, 0) is 153 Å². The highest BCUT2D eigenvalue weighted by Gasteiger charge is 2.41. The Morgan fingerprint density at radius 3 is 1.65 bits per heavy atom. The van der Waals surface area contributed by atoms with Crippen molar-refractivity contribution in [3.05, 3.63) is 154 Å². The molecule has 0 bridgehead atoms. The first kappa shape index (κ1) is 113. The second-order valence-electron chi connectivity index (χ2n) is 32.9. The van der Waals surface area contributed by atoms with Crippen LogP contribution < -0.4 is 31.9 Å². The summed E-state index contributed by atoms with van der Waals surface area (Å²) in [5.74, 6) is -11.4. The van der Waals surface area contributed by atoms with Crippen LogP contribution >= 0.6 is 15.6 Å². The summed E-state index contributed by atoms with van der Waals surface area (Å²) in [6, 6.07) is 21.5. The second kappa shape index (κ2) is 57.3. The number of hydrogen-bond acceptors (Lipinski definition) is 27. The third kappa shape index (κ3) is 40.8. The molecule has 41 heteroatoms. The van der Waals surface area contributed by atoms with Crippen LogP contribution in [0.4, 0.5) is 4.79 Å². The molecular formula is C91H134N8O29P2S2. The number of phosphoric ester groups is 2. The Morgan fingerprint density at radius 1 is 0.606 bits per heavy atom. The van der Waals surface area contributed by atoms with Gasteiger partial charge in [-0.15, -0.1) is 0 Å². The third-order valence-corrected chi connectivity index (χ3v) is 27.9. The lowest BCUT2D eigenvalue weighted by Gasteiger charge is -2.33. The number of nitrogens with one attached hydrogen (secondary N) is 6. The number of Topliss-reactive ketones (excluding diaryl/α,β-unsaturated/α-hetero) is 1. The van der Waals surface area contributed by atoms with E-state index in [1.54, 1.807) is 123 Å². The minimum atomic E-state index is -5.13. The number of nitrogens with zero attached hydrogens (tertiary/aromatic N) is 2. The highest BCUT2D eigenvalue weighted by molar-refractivity contribution is 7.92. The van der Waals surface area contributed by atoms with Crippen LogP contribution in [0.5, 0.6) is 0 Å². The first-order valence-electron chi connectivity index (χ1n) is 44.2. The predicted octanol–water partition coefficient (Wildman–Crippen LogP) is 8.93. The predicted molar refractivity (Wildman–Crippen MR) is 490 cm³/mol. The van der Waals surface area contributed by atoms with Crippen LogP contribution in [0.15, 0.2) is 136 Å². The monoisotopic (exact) mass is 1930 g/mol. The lowest BCUT2D eigenvalue weighted by molar-refractivity contribution is -0.155. The zero-order chi connectivity index (χ0) is 97.9. The molecule has 4 aromatic rings. The standard InChI is InChI=1S/C91H134N8O29P2S2/c1-15-64(7)81-86(105)96-69(12)90(109)127-83(65(8)16-2)67(10)77(41-32-66(9)89(108)125-78(56-61(3)4)85(104)95-68(11)87(106)99(14)76(57-70-26-20-17-21-27-70)88(107)98(13)58-80(101)97-81)126-91(110)94-44-23-19-25-47-124-130(113,114)128-129(111,112)123-46-24-18-22-43-92-79(100)42-48-119-50-52-121-54-55-122-53-51-120-49-45-93-84(103)72-35-33-71(34-36-72)82(102)73(59-131(115,116)74-37-28-62(5)29-38-74)60-132(117,118)75-39-30-63(6)31-40-75/h16-17,20-21,26-40,61,64,67-69,73,76-78,81,83H,15,18-19,22-25,41-60H2,1-14H3,(H,92,100)(H,93,103)(H,94,110)(H,95,104)(H,96,105)(H,97,101)(H,111,112)(H,113,114)/b65-16+,66-32+/t64-,67+,68+,69-,76-,77+,78-,81+,83-/m1/s1. The fraction of sp³-hybridized carbons (Fsp3) is 0.571. The van der Waals surface area contributed by atoms with Crippen molar-refractivity contribution in [2.45, 2.75) is 206 Å². The second-order valence-corrected chi connectivity index (χ2v) is 40.1. The van der Waals surface area contributed by atoms with E-state index in [2.05, 4.69) is 36.2 Å². The zero-order valence-electron chi connectivity index (χ0n) is 77.9. The summed E-state index contributed by atoms with van der Waals surface area (Å²) in [5.41, 5.74) is 3.05. The van der Waals surface area contributed by atoms with Gasteiger partial charge in [0.05, 0.1) is 99.8 Å². The summed E-state index contributed by atoms with van der Waals surface area (Å²) < 4.78 is 134. The molecule has 0 fully saturated rings. The number of carbonyl (C=O) groups excluding carboxylic acids is 11. The van der Waals surface area contributed by atoms with E-state index < -0.39 is 179 Å². The van der Waals surface area contributed by atoms with E-state index in [4.69, 9.17) is 42.2 Å². The summed E-state index contributed by atoms with van der Waals surface area (Å²) in [4.78, 5) is 174. The number of hydrogen-bond donors (Lipinski definition) is 8. The number of phosphoric acid groups is 2. The maximum Gasteiger partial charge on any atom is 0.481 e. The number of unbranched alkanes of at least 4 members (excludes halogenated alkanes) is 4. The Balaban J connectivity index is 0.976. The number of esters is 2. The van der Waals surface area contributed by atoms with Crippen molar-refractivity contribution in [1.29, 1.82) is 0 Å². The fourth-order valence-electron chi connectivity index (χ4n) is 13.4. The number of aryl methyl sites for hydroxylation is 2. The number of allylic oxidation sites excluding steroid dienone is 1. The number of amides is 8. The van der Waals surface area contributed by atoms with E-state index in [1.807, 2.05) is 0 Å². The van der Waals surface area contributed by atoms with Crippen LogP contribution in [0.2, 0.25) is 0 Å². The Labute approximate surface area is 774 Å². The normalized spacial score (nSPS) is 20.5. The Bertz CT molecular complexity index is 4740. The molecule has 11 atom stereocenters. The molecule has 4 aromatic carbocycles. The first-order chi connectivity index (χ1) is 62.4. The number of rotatable bonds is 48. The molecule has 734 valence electrons. The first-order valence-corrected chi connectivity index (χ1v) is 50.5. The van der Waals surface area contributed by atoms with Crippen LogP contribution in [0, 0.1) is 37.5 Å². The van der Waals surface area contributed by atoms with Crippen molar-refractivity contribution in [1.82, 2.24) is 41.7 Å². The minimum Gasteiger partial charge on any atom is -0.456 e. The number of benzene rings is 4. The van der Waals surface area contributed by atoms with Crippen molar-refractivity contribution in [2.75, 3.05) is 118 Å². The highest BCUT2D eigenvalue weighted by Crippen LogP contribution is 2.60. The van der Waals surface area contributed by atoms with Crippen molar-refractivity contribution in [3.8, 4) is 0 Å². The molecule has 37 nitrogen and oxygen atoms in total. The van der Waals surface area contributed by atoms with Crippen LogP contribution in [0.3, 0.4) is 0 Å². The number of cyclic esters (lactones) is 2. The van der Waals surface area contributed by atoms with Crippen LogP contribution in [-0.2, 0) is 120 Å². The molecule has 0 radical (unpaired) electrons. The molecule has 132 heavy (non-hydrogen) atoms. The lowest BCUT2D eigenvalue weighted by atomic mass is 9.90. The maximum atomic E-state index is 14.4. The largest absolute Gasteiger partial charge is 0.481 e. The van der Waals surface area contributed by atoms with Crippen molar-refractivity contribution in [3.63, 3.8) is 0 Å². The Morgan fingerprint density at radius 2 is 1.12 bits per heavy atom. The van der Waals surface area contributed by atoms with Crippen LogP contribution in [0.1, 0.15) is 171 Å². The van der Waals surface area contributed by atoms with Crippen LogP contribution in [0.25, 0.3) is 0 Å². The average molecular weight is 1930 g/mol. The number of sulfone groups is 2. The van der Waals surface area contributed by atoms with Gasteiger partial charge in [0.1, 0.15) is 36.4 Å². The van der Waals surface area contributed by atoms with Gasteiger partial charge in [0.2, 0.25) is 29.5 Å². The molecular weight excluding hydrogens is 1800 g/mol. The fourth-order valence-corrected chi connectivity index (χ4v) is 18.8. The molecule has 5 rings (SSSR count). The molecule has 1 heterocycles. The summed E-state index contributed by atoms with van der Waals surface area (Å²) in [6.45, 7) is 20.8. The molecule has 0 aromatic heterocycles. The maximum absolute atomic E-state index is 14.4. The summed E-state index contributed by atoms with van der Waals surface area (Å²) in [5, 5.41) is 16.1. The van der Waals surface area contributed by atoms with Gasteiger partial charge in [-0.2, -0.15) is 4.31 Å². The van der Waals surface area contributed by atoms with E-state index >= 15 is 0 Å². The number of likely N-dealkylation sites (N-methyl/N-ethyl adjacent to an activating group) is 2. The molecule has 2 unspecified atom stereocenters. The van der Waals surface area contributed by atoms with E-state index in [0.717, 1.165) is 16.0 Å². The molecule has 8 amide bonds. The van der Waals surface area contributed by atoms with E-state index in [-0.39, 0.29) is 169 Å². The van der Waals surface area contributed by atoms with Gasteiger partial charge in [-0.25, -0.2) is 40.3 Å². The molecule has 0 saturated carbocycles. The van der Waals surface area contributed by atoms with E-state index in [9.17, 15) is 88.5 Å². The minimum absolute atomic E-state index is 0.00748. The van der Waals surface area contributed by atoms with Crippen molar-refractivity contribution >= 4 is 100 Å². The topological polar surface area (TPSA) is 502 Å². The van der Waals surface area contributed by atoms with Gasteiger partial charge in [-0.3, -0.25) is 47.4 Å². The molecule has 0 aliphatic carbocycles. The smallest absolute Gasteiger partial charge is 0.456 e. The van der Waals surface area contributed by atoms with Gasteiger partial charge < -0.3 is 84.6 Å². The summed E-state index contributed by atoms with van der Waals surface area (Å²) in [7, 11) is -15.6. The molecule has 1 aliphatic heterocycles. The number of carbonyl (C=O) groups is 11. The van der Waals surface area contributed by atoms with Crippen LogP contribution in [-0.4, -0.2) is 262 Å². The number of ketones is 1. The van der Waals surface area contributed by atoms with Gasteiger partial charge >= 0.3 is 33.7 Å². The SMILES string of the molecule is C/C=C(\C)[C@H]1OC(=O)[C@@H](C)NC(=O)[C@H]([C@H](C)CC)NC(=O)CN(C)C(=O)[C@@H](Cc2ccccc2)N(C)C(=O)[C@H](C)NC(=O)[C@@H](CC(C)C)OC(=O)/C(C)=C/C[C@H](OC(=O)NCCCCCOP(=O)(O)OP(=O)(O)OCCCCCNC(=O)CCOCCOCCOCCOCCNC(=O)c2ccc(C(=O)C(CS(=O)(=O)c3ccc(C)cc3)CS(=O)(=O)c3ccc(C)cc3)cc2)[C@@H]1C. The highest BCUT2D eigenvalue weighted by atomic mass is 32.2. The molecule has 0 spiro atoms. The van der Waals surface area contributed by atoms with Gasteiger partial charge in [0.25, 0.3) is 11.8 Å². The molecule has 1 aliphatic rings. The molecule has 8 N–H and O–H groups in total. The lowest BCUT2D eigenvalue weighted by Crippen LogP contribution is -2.57. The quantitative estimate of drug-likeness (QED) is 0.00510. The van der Waals surface area contributed by atoms with Gasteiger partial charge in [0.15, 0.2) is 31.6 Å². The van der Waals surface area contributed by atoms with Crippen molar-refractivity contribution in [2.24, 2.45) is 23.7 Å². The average Bonchev–Trinajstić information content (AvgIpc) is 0.803. The number of alkyl carbamates (subject to hydrolysis) is 1. The van der Waals surface area contributed by atoms with Crippen molar-refractivity contribution < 1.29 is 135 Å². The third-order valence-electron chi connectivity index (χ3n) is 21.5.